The fourth-order valence-corrected chi connectivity index (χ4v) is 3.03. The molecule has 1 aromatic rings. The van der Waals surface area contributed by atoms with Crippen LogP contribution in [0.3, 0.4) is 0 Å². The van der Waals surface area contributed by atoms with E-state index in [9.17, 15) is 4.79 Å². The van der Waals surface area contributed by atoms with Crippen LogP contribution in [0.4, 0.5) is 0 Å². The summed E-state index contributed by atoms with van der Waals surface area (Å²) in [4.78, 5) is 18.7. The summed E-state index contributed by atoms with van der Waals surface area (Å²) in [6.07, 6.45) is 7.53. The molecule has 0 aromatic carbocycles. The lowest BCUT2D eigenvalue weighted by atomic mass is 9.84. The maximum Gasteiger partial charge on any atom is 0.225 e. The van der Waals surface area contributed by atoms with Crippen molar-refractivity contribution < 1.29 is 4.79 Å². The van der Waals surface area contributed by atoms with Crippen LogP contribution in [-0.2, 0) is 11.2 Å². The van der Waals surface area contributed by atoms with E-state index < -0.39 is 0 Å². The SMILES string of the molecule is Cc1ccc(C[C@H]2CCN(C(=O)C3CCC3)C2)nc1. The highest BCUT2D eigenvalue weighted by molar-refractivity contribution is 5.79. The van der Waals surface area contributed by atoms with Crippen LogP contribution >= 0.6 is 0 Å². The first-order chi connectivity index (χ1) is 9.22. The monoisotopic (exact) mass is 258 g/mol. The van der Waals surface area contributed by atoms with Crippen LogP contribution in [0.25, 0.3) is 0 Å². The number of likely N-dealkylation sites (tertiary alicyclic amines) is 1. The topological polar surface area (TPSA) is 33.2 Å². The Kier molecular flexibility index (Phi) is 3.54. The van der Waals surface area contributed by atoms with Gasteiger partial charge in [0.05, 0.1) is 0 Å². The number of aryl methyl sites for hydroxylation is 1. The lowest BCUT2D eigenvalue weighted by Gasteiger charge is -2.29. The number of amides is 1. The summed E-state index contributed by atoms with van der Waals surface area (Å²) in [6.45, 7) is 3.95. The summed E-state index contributed by atoms with van der Waals surface area (Å²) >= 11 is 0. The molecule has 2 heterocycles. The molecule has 102 valence electrons. The Morgan fingerprint density at radius 3 is 2.84 bits per heavy atom. The number of carbonyl (C=O) groups is 1. The standard InChI is InChI=1S/C16H22N2O/c1-12-5-6-15(17-10-12)9-13-7-8-18(11-13)16(19)14-3-2-4-14/h5-6,10,13-14H,2-4,7-9,11H2,1H3/t13-/m1/s1. The molecule has 1 saturated heterocycles. The zero-order valence-electron chi connectivity index (χ0n) is 11.6. The Balaban J connectivity index is 1.54. The van der Waals surface area contributed by atoms with Gasteiger partial charge in [-0.25, -0.2) is 0 Å². The van der Waals surface area contributed by atoms with Crippen molar-refractivity contribution in [3.63, 3.8) is 0 Å². The average molecular weight is 258 g/mol. The molecular weight excluding hydrogens is 236 g/mol. The maximum atomic E-state index is 12.2. The number of pyridine rings is 1. The van der Waals surface area contributed by atoms with Crippen molar-refractivity contribution in [2.45, 2.75) is 39.0 Å². The number of hydrogen-bond acceptors (Lipinski definition) is 2. The minimum atomic E-state index is 0.344. The first kappa shape index (κ1) is 12.6. The van der Waals surface area contributed by atoms with E-state index in [1.54, 1.807) is 0 Å². The highest BCUT2D eigenvalue weighted by Crippen LogP contribution is 2.30. The van der Waals surface area contributed by atoms with Crippen LogP contribution in [0, 0.1) is 18.8 Å². The normalized spacial score (nSPS) is 23.4. The summed E-state index contributed by atoms with van der Waals surface area (Å²) in [6, 6.07) is 4.24. The summed E-state index contributed by atoms with van der Waals surface area (Å²) in [7, 11) is 0. The molecule has 3 heteroatoms. The van der Waals surface area contributed by atoms with Gasteiger partial charge in [-0.15, -0.1) is 0 Å². The van der Waals surface area contributed by atoms with E-state index in [4.69, 9.17) is 0 Å². The van der Waals surface area contributed by atoms with E-state index in [1.165, 1.54) is 12.0 Å². The summed E-state index contributed by atoms with van der Waals surface area (Å²) < 4.78 is 0. The zero-order chi connectivity index (χ0) is 13.2. The molecule has 2 fully saturated rings. The van der Waals surface area contributed by atoms with Crippen molar-refractivity contribution in [1.29, 1.82) is 0 Å². The van der Waals surface area contributed by atoms with E-state index in [0.717, 1.165) is 44.5 Å². The Morgan fingerprint density at radius 2 is 2.21 bits per heavy atom. The molecule has 19 heavy (non-hydrogen) atoms. The molecule has 1 aromatic heterocycles. The molecule has 3 rings (SSSR count). The first-order valence-corrected chi connectivity index (χ1v) is 7.42. The smallest absolute Gasteiger partial charge is 0.225 e. The molecule has 0 bridgehead atoms. The second-order valence-corrected chi connectivity index (χ2v) is 6.10. The molecule has 0 unspecified atom stereocenters. The Hall–Kier alpha value is -1.38. The van der Waals surface area contributed by atoms with Crippen molar-refractivity contribution in [3.05, 3.63) is 29.6 Å². The molecule has 3 nitrogen and oxygen atoms in total. The van der Waals surface area contributed by atoms with Crippen molar-refractivity contribution in [2.75, 3.05) is 13.1 Å². The van der Waals surface area contributed by atoms with Gasteiger partial charge in [0, 0.05) is 30.9 Å². The predicted octanol–water partition coefficient (Wildman–Crippen LogP) is 2.58. The van der Waals surface area contributed by atoms with Gasteiger partial charge in [-0.1, -0.05) is 12.5 Å². The van der Waals surface area contributed by atoms with Crippen LogP contribution in [0.5, 0.6) is 0 Å². The highest BCUT2D eigenvalue weighted by atomic mass is 16.2. The van der Waals surface area contributed by atoms with Gasteiger partial charge in [-0.05, 0) is 50.2 Å². The third-order valence-electron chi connectivity index (χ3n) is 4.52. The van der Waals surface area contributed by atoms with E-state index in [0.29, 0.717) is 17.7 Å². The largest absolute Gasteiger partial charge is 0.342 e. The van der Waals surface area contributed by atoms with Gasteiger partial charge in [-0.3, -0.25) is 9.78 Å². The van der Waals surface area contributed by atoms with Gasteiger partial charge in [-0.2, -0.15) is 0 Å². The molecule has 1 saturated carbocycles. The van der Waals surface area contributed by atoms with E-state index >= 15 is 0 Å². The van der Waals surface area contributed by atoms with Crippen LogP contribution in [0.1, 0.15) is 36.9 Å². The molecule has 0 radical (unpaired) electrons. The van der Waals surface area contributed by atoms with Gasteiger partial charge < -0.3 is 4.90 Å². The van der Waals surface area contributed by atoms with Crippen LogP contribution in [0.2, 0.25) is 0 Å². The lowest BCUT2D eigenvalue weighted by molar-refractivity contribution is -0.137. The maximum absolute atomic E-state index is 12.2. The quantitative estimate of drug-likeness (QED) is 0.835. The van der Waals surface area contributed by atoms with Crippen LogP contribution in [-0.4, -0.2) is 28.9 Å². The summed E-state index contributed by atoms with van der Waals surface area (Å²) in [5.41, 5.74) is 2.37. The fraction of sp³-hybridized carbons (Fsp3) is 0.625. The van der Waals surface area contributed by atoms with Crippen molar-refractivity contribution in [3.8, 4) is 0 Å². The number of hydrogen-bond donors (Lipinski definition) is 0. The molecule has 1 atom stereocenters. The van der Waals surface area contributed by atoms with Crippen molar-refractivity contribution in [1.82, 2.24) is 9.88 Å². The Morgan fingerprint density at radius 1 is 1.37 bits per heavy atom. The number of aromatic nitrogens is 1. The van der Waals surface area contributed by atoms with Gasteiger partial charge in [0.25, 0.3) is 0 Å². The molecule has 1 amide bonds. The summed E-state index contributed by atoms with van der Waals surface area (Å²) in [5.74, 6) is 1.35. The second-order valence-electron chi connectivity index (χ2n) is 6.10. The Labute approximate surface area is 115 Å². The van der Waals surface area contributed by atoms with Crippen LogP contribution < -0.4 is 0 Å². The van der Waals surface area contributed by atoms with Crippen molar-refractivity contribution in [2.24, 2.45) is 11.8 Å². The third-order valence-corrected chi connectivity index (χ3v) is 4.52. The fourth-order valence-electron chi connectivity index (χ4n) is 3.03. The molecule has 1 aliphatic heterocycles. The molecular formula is C16H22N2O. The van der Waals surface area contributed by atoms with E-state index in [-0.39, 0.29) is 0 Å². The number of nitrogens with zero attached hydrogens (tertiary/aromatic N) is 2. The Bertz CT molecular complexity index is 450. The van der Waals surface area contributed by atoms with Gasteiger partial charge in [0.2, 0.25) is 5.91 Å². The van der Waals surface area contributed by atoms with Crippen molar-refractivity contribution >= 4 is 5.91 Å². The molecule has 2 aliphatic rings. The minimum absolute atomic E-state index is 0.344. The summed E-state index contributed by atoms with van der Waals surface area (Å²) in [5, 5.41) is 0. The number of rotatable bonds is 3. The average Bonchev–Trinajstić information content (AvgIpc) is 2.78. The van der Waals surface area contributed by atoms with Gasteiger partial charge in [0.1, 0.15) is 0 Å². The van der Waals surface area contributed by atoms with E-state index in [2.05, 4.69) is 28.9 Å². The van der Waals surface area contributed by atoms with Gasteiger partial charge >= 0.3 is 0 Å². The van der Waals surface area contributed by atoms with Crippen LogP contribution in [0.15, 0.2) is 18.3 Å². The second kappa shape index (κ2) is 5.32. The third kappa shape index (κ3) is 2.80. The first-order valence-electron chi connectivity index (χ1n) is 7.42. The highest BCUT2D eigenvalue weighted by Gasteiger charge is 2.33. The van der Waals surface area contributed by atoms with Gasteiger partial charge in [0.15, 0.2) is 0 Å². The predicted molar refractivity (Wildman–Crippen MR) is 74.7 cm³/mol. The molecule has 0 spiro atoms. The minimum Gasteiger partial charge on any atom is -0.342 e. The number of carbonyl (C=O) groups excluding carboxylic acids is 1. The van der Waals surface area contributed by atoms with E-state index in [1.807, 2.05) is 6.20 Å². The molecule has 1 aliphatic carbocycles. The lowest BCUT2D eigenvalue weighted by Crippen LogP contribution is -2.37. The molecule has 0 N–H and O–H groups in total. The zero-order valence-corrected chi connectivity index (χ0v) is 11.6.